The molecule has 6 heteroatoms. The number of para-hydroxylation sites is 2. The van der Waals surface area contributed by atoms with E-state index in [1.165, 1.54) is 0 Å². The molecule has 0 radical (unpaired) electrons. The highest BCUT2D eigenvalue weighted by Gasteiger charge is 2.36. The van der Waals surface area contributed by atoms with Gasteiger partial charge in [-0.25, -0.2) is 0 Å². The summed E-state index contributed by atoms with van der Waals surface area (Å²) in [6.45, 7) is 6.08. The second-order valence-corrected chi connectivity index (χ2v) is 7.81. The van der Waals surface area contributed by atoms with Crippen molar-refractivity contribution in [2.24, 2.45) is 5.41 Å². The number of hydrogen-bond donors (Lipinski definition) is 1. The van der Waals surface area contributed by atoms with Gasteiger partial charge in [0.25, 0.3) is 0 Å². The summed E-state index contributed by atoms with van der Waals surface area (Å²) >= 11 is 1.61. The van der Waals surface area contributed by atoms with Crippen LogP contribution >= 0.6 is 11.8 Å². The Bertz CT molecular complexity index is 583. The molecular formula is C17H24N2O3S. The molecule has 5 nitrogen and oxygen atoms in total. The molecule has 1 aliphatic heterocycles. The Morgan fingerprint density at radius 2 is 2.04 bits per heavy atom. The zero-order valence-corrected chi connectivity index (χ0v) is 14.9. The lowest BCUT2D eigenvalue weighted by Gasteiger charge is -2.27. The van der Waals surface area contributed by atoms with Crippen molar-refractivity contribution in [1.29, 1.82) is 0 Å². The summed E-state index contributed by atoms with van der Waals surface area (Å²) in [7, 11) is 1.57. The van der Waals surface area contributed by atoms with Gasteiger partial charge in [-0.15, -0.1) is 11.8 Å². The van der Waals surface area contributed by atoms with Gasteiger partial charge in [0.2, 0.25) is 11.8 Å². The first-order valence-corrected chi connectivity index (χ1v) is 8.78. The van der Waals surface area contributed by atoms with E-state index < -0.39 is 6.04 Å². The standard InChI is InChI=1S/C17H24N2O3S/c1-17(2,3)9-15(20)19-11-23-10-13(19)16(21)18-12-7-5-6-8-14(12)22-4/h5-8,13H,9-11H2,1-4H3,(H,18,21). The first-order valence-electron chi connectivity index (χ1n) is 7.63. The van der Waals surface area contributed by atoms with Gasteiger partial charge in [-0.05, 0) is 17.5 Å². The highest BCUT2D eigenvalue weighted by Crippen LogP contribution is 2.28. The third-order valence-corrected chi connectivity index (χ3v) is 4.56. The van der Waals surface area contributed by atoms with E-state index in [1.54, 1.807) is 35.9 Å². The third kappa shape index (κ3) is 4.64. The number of carbonyl (C=O) groups excluding carboxylic acids is 2. The molecule has 1 unspecified atom stereocenters. The fourth-order valence-corrected chi connectivity index (χ4v) is 3.61. The number of carbonyl (C=O) groups is 2. The van der Waals surface area contributed by atoms with Crippen molar-refractivity contribution in [3.05, 3.63) is 24.3 Å². The van der Waals surface area contributed by atoms with Gasteiger partial charge < -0.3 is 15.0 Å². The largest absolute Gasteiger partial charge is 0.495 e. The average Bonchev–Trinajstić information content (AvgIpc) is 2.95. The van der Waals surface area contributed by atoms with E-state index in [-0.39, 0.29) is 17.2 Å². The third-order valence-electron chi connectivity index (χ3n) is 3.55. The number of hydrogen-bond acceptors (Lipinski definition) is 4. The van der Waals surface area contributed by atoms with E-state index in [1.807, 2.05) is 32.9 Å². The maximum atomic E-state index is 12.6. The van der Waals surface area contributed by atoms with Crippen molar-refractivity contribution in [2.75, 3.05) is 24.1 Å². The van der Waals surface area contributed by atoms with Crippen molar-refractivity contribution in [2.45, 2.75) is 33.2 Å². The molecule has 1 aliphatic rings. The molecule has 0 spiro atoms. The molecule has 0 bridgehead atoms. The quantitative estimate of drug-likeness (QED) is 0.918. The molecule has 2 rings (SSSR count). The Balaban J connectivity index is 2.07. The van der Waals surface area contributed by atoms with Gasteiger partial charge in [0.1, 0.15) is 11.8 Å². The molecular weight excluding hydrogens is 312 g/mol. The zero-order valence-electron chi connectivity index (χ0n) is 14.1. The second kappa shape index (κ2) is 7.25. The lowest BCUT2D eigenvalue weighted by molar-refractivity contribution is -0.137. The van der Waals surface area contributed by atoms with E-state index >= 15 is 0 Å². The van der Waals surface area contributed by atoms with Crippen molar-refractivity contribution in [3.8, 4) is 5.75 Å². The number of methoxy groups -OCH3 is 1. The molecule has 1 heterocycles. The topological polar surface area (TPSA) is 58.6 Å². The van der Waals surface area contributed by atoms with E-state index in [4.69, 9.17) is 4.74 Å². The molecule has 1 fully saturated rings. The number of benzene rings is 1. The van der Waals surface area contributed by atoms with Crippen molar-refractivity contribution in [1.82, 2.24) is 4.90 Å². The first-order chi connectivity index (χ1) is 10.8. The lowest BCUT2D eigenvalue weighted by Crippen LogP contribution is -2.45. The van der Waals surface area contributed by atoms with E-state index in [0.717, 1.165) is 0 Å². The minimum Gasteiger partial charge on any atom is -0.495 e. The smallest absolute Gasteiger partial charge is 0.248 e. The molecule has 1 aromatic carbocycles. The zero-order chi connectivity index (χ0) is 17.0. The molecule has 0 saturated carbocycles. The van der Waals surface area contributed by atoms with E-state index in [9.17, 15) is 9.59 Å². The van der Waals surface area contributed by atoms with Gasteiger partial charge in [0.05, 0.1) is 18.7 Å². The number of thioether (sulfide) groups is 1. The highest BCUT2D eigenvalue weighted by atomic mass is 32.2. The maximum absolute atomic E-state index is 12.6. The van der Waals surface area contributed by atoms with Crippen LogP contribution in [0.5, 0.6) is 5.75 Å². The predicted octanol–water partition coefficient (Wildman–Crippen LogP) is 2.97. The minimum atomic E-state index is -0.431. The molecule has 1 N–H and O–H groups in total. The molecule has 126 valence electrons. The van der Waals surface area contributed by atoms with Crippen LogP contribution in [0.2, 0.25) is 0 Å². The predicted molar refractivity (Wildman–Crippen MR) is 93.7 cm³/mol. The molecule has 2 amide bonds. The molecule has 0 aliphatic carbocycles. The monoisotopic (exact) mass is 336 g/mol. The number of rotatable bonds is 4. The van der Waals surface area contributed by atoms with Gasteiger partial charge in [-0.2, -0.15) is 0 Å². The van der Waals surface area contributed by atoms with Gasteiger partial charge >= 0.3 is 0 Å². The maximum Gasteiger partial charge on any atom is 0.248 e. The highest BCUT2D eigenvalue weighted by molar-refractivity contribution is 7.99. The fourth-order valence-electron chi connectivity index (χ4n) is 2.42. The number of amides is 2. The Hall–Kier alpha value is -1.69. The summed E-state index contributed by atoms with van der Waals surface area (Å²) in [6.07, 6.45) is 0.437. The van der Waals surface area contributed by atoms with Crippen molar-refractivity contribution >= 4 is 29.3 Å². The van der Waals surface area contributed by atoms with Gasteiger partial charge in [0, 0.05) is 12.2 Å². The SMILES string of the molecule is COc1ccccc1NC(=O)C1CSCN1C(=O)CC(C)(C)C. The summed E-state index contributed by atoms with van der Waals surface area (Å²) in [4.78, 5) is 26.7. The summed E-state index contributed by atoms with van der Waals surface area (Å²) in [5.41, 5.74) is 0.536. The normalized spacial score (nSPS) is 17.9. The second-order valence-electron chi connectivity index (χ2n) is 6.81. The number of ether oxygens (including phenoxy) is 1. The van der Waals surface area contributed by atoms with E-state index in [0.29, 0.717) is 29.5 Å². The molecule has 0 aromatic heterocycles. The number of anilines is 1. The van der Waals surface area contributed by atoms with Crippen LogP contribution in [-0.4, -0.2) is 41.5 Å². The summed E-state index contributed by atoms with van der Waals surface area (Å²) in [5, 5.41) is 2.88. The Kier molecular flexibility index (Phi) is 5.57. The van der Waals surface area contributed by atoms with Crippen LogP contribution < -0.4 is 10.1 Å². The van der Waals surface area contributed by atoms with Crippen molar-refractivity contribution < 1.29 is 14.3 Å². The van der Waals surface area contributed by atoms with Gasteiger partial charge in [-0.3, -0.25) is 9.59 Å². The number of nitrogens with zero attached hydrogens (tertiary/aromatic N) is 1. The summed E-state index contributed by atoms with van der Waals surface area (Å²) in [5.74, 6) is 1.67. The molecule has 23 heavy (non-hydrogen) atoms. The Morgan fingerprint density at radius 1 is 1.35 bits per heavy atom. The van der Waals surface area contributed by atoms with Crippen molar-refractivity contribution in [3.63, 3.8) is 0 Å². The molecule has 1 aromatic rings. The first kappa shape index (κ1) is 17.7. The summed E-state index contributed by atoms with van der Waals surface area (Å²) in [6, 6.07) is 6.84. The van der Waals surface area contributed by atoms with Crippen LogP contribution in [0, 0.1) is 5.41 Å². The molecule has 1 saturated heterocycles. The average molecular weight is 336 g/mol. The van der Waals surface area contributed by atoms with Crippen LogP contribution in [0.25, 0.3) is 0 Å². The Labute approximate surface area is 141 Å². The van der Waals surface area contributed by atoms with Crippen LogP contribution in [0.1, 0.15) is 27.2 Å². The Morgan fingerprint density at radius 3 is 2.70 bits per heavy atom. The number of nitrogens with one attached hydrogen (secondary N) is 1. The van der Waals surface area contributed by atoms with Crippen LogP contribution in [0.3, 0.4) is 0 Å². The lowest BCUT2D eigenvalue weighted by atomic mass is 9.91. The van der Waals surface area contributed by atoms with Gasteiger partial charge in [0.15, 0.2) is 0 Å². The van der Waals surface area contributed by atoms with Crippen LogP contribution in [0.4, 0.5) is 5.69 Å². The van der Waals surface area contributed by atoms with Gasteiger partial charge in [-0.1, -0.05) is 32.9 Å². The summed E-state index contributed by atoms with van der Waals surface area (Å²) < 4.78 is 5.25. The van der Waals surface area contributed by atoms with Crippen LogP contribution in [-0.2, 0) is 9.59 Å². The minimum absolute atomic E-state index is 0.0303. The van der Waals surface area contributed by atoms with E-state index in [2.05, 4.69) is 5.32 Å². The van der Waals surface area contributed by atoms with Crippen LogP contribution in [0.15, 0.2) is 24.3 Å². The fraction of sp³-hybridized carbons (Fsp3) is 0.529. The molecule has 1 atom stereocenters.